The van der Waals surface area contributed by atoms with E-state index in [-0.39, 0.29) is 0 Å². The van der Waals surface area contributed by atoms with Crippen molar-refractivity contribution >= 4 is 0 Å². The van der Waals surface area contributed by atoms with Gasteiger partial charge in [0.25, 0.3) is 0 Å². The molecule has 0 amide bonds. The van der Waals surface area contributed by atoms with Crippen molar-refractivity contribution in [1.82, 2.24) is 0 Å². The molecule has 1 nitrogen and oxygen atoms in total. The van der Waals surface area contributed by atoms with Crippen LogP contribution in [0.1, 0.15) is 32.6 Å². The third-order valence-electron chi connectivity index (χ3n) is 2.58. The van der Waals surface area contributed by atoms with Crippen LogP contribution in [0.4, 0.5) is 0 Å². The summed E-state index contributed by atoms with van der Waals surface area (Å²) in [6.45, 7) is 2.32. The Morgan fingerprint density at radius 1 is 1.22 bits per heavy atom. The van der Waals surface area contributed by atoms with Crippen LogP contribution in [-0.4, -0.2) is 12.2 Å². The lowest BCUT2D eigenvalue weighted by Crippen LogP contribution is -2.02. The van der Waals surface area contributed by atoms with Crippen LogP contribution in [0.2, 0.25) is 0 Å². The highest BCUT2D eigenvalue weighted by Crippen LogP contribution is 2.38. The second-order valence-electron chi connectivity index (χ2n) is 3.40. The number of ether oxygens (including phenoxy) is 1. The number of hydrogen-bond donors (Lipinski definition) is 0. The van der Waals surface area contributed by atoms with Crippen molar-refractivity contribution in [1.29, 1.82) is 0 Å². The summed E-state index contributed by atoms with van der Waals surface area (Å²) in [7, 11) is 0. The smallest absolute Gasteiger partial charge is 0.0867 e. The van der Waals surface area contributed by atoms with Crippen molar-refractivity contribution < 1.29 is 4.74 Å². The fourth-order valence-corrected chi connectivity index (χ4v) is 1.87. The Balaban J connectivity index is 1.96. The molecule has 0 radical (unpaired) electrons. The molecule has 1 aliphatic heterocycles. The Hall–Kier alpha value is -0.0400. The van der Waals surface area contributed by atoms with E-state index in [2.05, 4.69) is 6.92 Å². The zero-order valence-electron chi connectivity index (χ0n) is 5.97. The Morgan fingerprint density at radius 2 is 2.00 bits per heavy atom. The third-order valence-corrected chi connectivity index (χ3v) is 2.58. The monoisotopic (exact) mass is 126 g/mol. The van der Waals surface area contributed by atoms with E-state index in [0.717, 1.165) is 5.92 Å². The molecule has 0 spiro atoms. The van der Waals surface area contributed by atoms with Gasteiger partial charge in [0.15, 0.2) is 0 Å². The van der Waals surface area contributed by atoms with Gasteiger partial charge in [-0.1, -0.05) is 19.8 Å². The summed E-state index contributed by atoms with van der Waals surface area (Å²) in [5, 5.41) is 0. The van der Waals surface area contributed by atoms with Crippen LogP contribution in [0.3, 0.4) is 0 Å². The van der Waals surface area contributed by atoms with E-state index in [1.165, 1.54) is 25.7 Å². The largest absolute Gasteiger partial charge is 0.369 e. The molecule has 0 aromatic rings. The molecule has 1 heteroatoms. The molecule has 1 aliphatic carbocycles. The second kappa shape index (κ2) is 1.98. The van der Waals surface area contributed by atoms with Crippen LogP contribution in [0.25, 0.3) is 0 Å². The van der Waals surface area contributed by atoms with Crippen LogP contribution in [-0.2, 0) is 4.74 Å². The number of hydrogen-bond acceptors (Lipinski definition) is 1. The predicted molar refractivity (Wildman–Crippen MR) is 36.3 cm³/mol. The zero-order chi connectivity index (χ0) is 6.27. The van der Waals surface area contributed by atoms with Crippen molar-refractivity contribution in [2.75, 3.05) is 0 Å². The molecular formula is C8H14O. The van der Waals surface area contributed by atoms with E-state index in [1.54, 1.807) is 0 Å². The fraction of sp³-hybridized carbons (Fsp3) is 1.00. The standard InChI is InChI=1S/C8H14O/c1-6-4-2-3-5-7-8(6)9-7/h6-8H,2-5H2,1H3. The van der Waals surface area contributed by atoms with Gasteiger partial charge in [-0.25, -0.2) is 0 Å². The van der Waals surface area contributed by atoms with Crippen LogP contribution in [0.5, 0.6) is 0 Å². The predicted octanol–water partition coefficient (Wildman–Crippen LogP) is 1.96. The van der Waals surface area contributed by atoms with Gasteiger partial charge in [0.05, 0.1) is 12.2 Å². The van der Waals surface area contributed by atoms with E-state index in [4.69, 9.17) is 4.74 Å². The molecule has 2 rings (SSSR count). The second-order valence-corrected chi connectivity index (χ2v) is 3.40. The van der Waals surface area contributed by atoms with Gasteiger partial charge < -0.3 is 4.74 Å². The molecule has 9 heavy (non-hydrogen) atoms. The first-order chi connectivity index (χ1) is 4.38. The highest BCUT2D eigenvalue weighted by molar-refractivity contribution is 4.90. The van der Waals surface area contributed by atoms with Crippen molar-refractivity contribution in [2.45, 2.75) is 44.8 Å². The van der Waals surface area contributed by atoms with Crippen molar-refractivity contribution in [2.24, 2.45) is 5.92 Å². The first-order valence-electron chi connectivity index (χ1n) is 4.03. The summed E-state index contributed by atoms with van der Waals surface area (Å²) in [6, 6.07) is 0. The molecule has 0 bridgehead atoms. The summed E-state index contributed by atoms with van der Waals surface area (Å²) in [5.74, 6) is 0.845. The first-order valence-corrected chi connectivity index (χ1v) is 4.03. The molecule has 1 heterocycles. The highest BCUT2D eigenvalue weighted by atomic mass is 16.6. The maximum atomic E-state index is 5.47. The molecule has 2 fully saturated rings. The van der Waals surface area contributed by atoms with E-state index in [9.17, 15) is 0 Å². The van der Waals surface area contributed by atoms with Gasteiger partial charge in [-0.2, -0.15) is 0 Å². The Kier molecular flexibility index (Phi) is 1.26. The lowest BCUT2D eigenvalue weighted by atomic mass is 10.0. The number of fused-ring (bicyclic) bond motifs is 1. The van der Waals surface area contributed by atoms with Gasteiger partial charge in [0.1, 0.15) is 0 Å². The summed E-state index contributed by atoms with van der Waals surface area (Å²) in [5.41, 5.74) is 0. The molecule has 0 aromatic carbocycles. The lowest BCUT2D eigenvalue weighted by molar-refractivity contribution is 0.294. The van der Waals surface area contributed by atoms with E-state index < -0.39 is 0 Å². The third kappa shape index (κ3) is 0.983. The summed E-state index contributed by atoms with van der Waals surface area (Å²) in [6.07, 6.45) is 6.87. The SMILES string of the molecule is CC1CCCCC2OC12. The van der Waals surface area contributed by atoms with Crippen LogP contribution < -0.4 is 0 Å². The zero-order valence-corrected chi connectivity index (χ0v) is 5.97. The fourth-order valence-electron chi connectivity index (χ4n) is 1.87. The number of rotatable bonds is 0. The number of epoxide rings is 1. The van der Waals surface area contributed by atoms with Gasteiger partial charge in [-0.3, -0.25) is 0 Å². The normalized spacial score (nSPS) is 49.7. The maximum Gasteiger partial charge on any atom is 0.0867 e. The molecule has 2 aliphatic rings. The molecule has 3 unspecified atom stereocenters. The minimum Gasteiger partial charge on any atom is -0.369 e. The first kappa shape index (κ1) is 5.72. The van der Waals surface area contributed by atoms with Crippen molar-refractivity contribution in [3.05, 3.63) is 0 Å². The topological polar surface area (TPSA) is 12.5 Å². The molecule has 0 aromatic heterocycles. The van der Waals surface area contributed by atoms with Crippen LogP contribution in [0.15, 0.2) is 0 Å². The molecule has 1 saturated heterocycles. The average molecular weight is 126 g/mol. The quantitative estimate of drug-likeness (QED) is 0.452. The highest BCUT2D eigenvalue weighted by Gasteiger charge is 2.43. The van der Waals surface area contributed by atoms with Gasteiger partial charge in [0, 0.05) is 0 Å². The van der Waals surface area contributed by atoms with Crippen molar-refractivity contribution in [3.63, 3.8) is 0 Å². The van der Waals surface area contributed by atoms with Crippen molar-refractivity contribution in [3.8, 4) is 0 Å². The summed E-state index contributed by atoms with van der Waals surface area (Å²) < 4.78 is 5.47. The van der Waals surface area contributed by atoms with E-state index in [0.29, 0.717) is 12.2 Å². The van der Waals surface area contributed by atoms with Crippen LogP contribution in [0, 0.1) is 5.92 Å². The summed E-state index contributed by atoms with van der Waals surface area (Å²) in [4.78, 5) is 0. The van der Waals surface area contributed by atoms with Gasteiger partial charge in [-0.15, -0.1) is 0 Å². The Bertz CT molecular complexity index is 111. The molecule has 3 atom stereocenters. The van der Waals surface area contributed by atoms with E-state index in [1.807, 2.05) is 0 Å². The molecule has 1 saturated carbocycles. The minimum absolute atomic E-state index is 0.660. The Morgan fingerprint density at radius 3 is 2.89 bits per heavy atom. The van der Waals surface area contributed by atoms with Gasteiger partial charge in [-0.05, 0) is 18.8 Å². The van der Waals surface area contributed by atoms with Gasteiger partial charge in [0.2, 0.25) is 0 Å². The molecule has 52 valence electrons. The van der Waals surface area contributed by atoms with Crippen LogP contribution >= 0.6 is 0 Å². The molecular weight excluding hydrogens is 112 g/mol. The van der Waals surface area contributed by atoms with E-state index >= 15 is 0 Å². The minimum atomic E-state index is 0.660. The molecule has 0 N–H and O–H groups in total. The lowest BCUT2D eigenvalue weighted by Gasteiger charge is -2.02. The summed E-state index contributed by atoms with van der Waals surface area (Å²) >= 11 is 0. The van der Waals surface area contributed by atoms with Gasteiger partial charge >= 0.3 is 0 Å². The Labute approximate surface area is 56.4 Å². The average Bonchev–Trinajstić information content (AvgIpc) is 2.55. The maximum absolute atomic E-state index is 5.47.